The van der Waals surface area contributed by atoms with Gasteiger partial charge in [0, 0.05) is 13.4 Å². The van der Waals surface area contributed by atoms with Crippen molar-refractivity contribution in [3.05, 3.63) is 29.8 Å². The van der Waals surface area contributed by atoms with Crippen molar-refractivity contribution in [3.63, 3.8) is 0 Å². The largest absolute Gasteiger partial charge is 0.395 e. The molecule has 6 heteroatoms. The summed E-state index contributed by atoms with van der Waals surface area (Å²) in [4.78, 5) is 0.244. The Balaban J connectivity index is 3.01. The van der Waals surface area contributed by atoms with Crippen LogP contribution in [0.3, 0.4) is 0 Å². The molecule has 0 radical (unpaired) electrons. The van der Waals surface area contributed by atoms with Gasteiger partial charge in [-0.25, -0.2) is 8.42 Å². The van der Waals surface area contributed by atoms with Crippen LogP contribution in [0.2, 0.25) is 0 Å². The van der Waals surface area contributed by atoms with E-state index in [0.29, 0.717) is 0 Å². The molecule has 5 nitrogen and oxygen atoms in total. The lowest BCUT2D eigenvalue weighted by Gasteiger charge is -2.21. The first kappa shape index (κ1) is 14.1. The number of benzene rings is 1. The highest BCUT2D eigenvalue weighted by molar-refractivity contribution is 7.90. The summed E-state index contributed by atoms with van der Waals surface area (Å²) in [6, 6.07) is 5.74. The maximum absolute atomic E-state index is 11.3. The van der Waals surface area contributed by atoms with Gasteiger partial charge in [0.25, 0.3) is 0 Å². The zero-order valence-electron chi connectivity index (χ0n) is 9.83. The van der Waals surface area contributed by atoms with Crippen LogP contribution in [0.1, 0.15) is 11.7 Å². The van der Waals surface area contributed by atoms with Gasteiger partial charge in [0.2, 0.25) is 0 Å². The summed E-state index contributed by atoms with van der Waals surface area (Å²) >= 11 is 0. The quantitative estimate of drug-likeness (QED) is 0.782. The number of hydrogen-bond acceptors (Lipinski definition) is 5. The molecule has 0 unspecified atom stereocenters. The lowest BCUT2D eigenvalue weighted by atomic mass is 10.0. The monoisotopic (exact) mass is 259 g/mol. The number of sulfone groups is 1. The van der Waals surface area contributed by atoms with Gasteiger partial charge in [-0.05, 0) is 17.7 Å². The van der Waals surface area contributed by atoms with E-state index >= 15 is 0 Å². The van der Waals surface area contributed by atoms with Crippen LogP contribution < -0.4 is 5.73 Å². The highest BCUT2D eigenvalue weighted by Crippen LogP contribution is 2.21. The van der Waals surface area contributed by atoms with E-state index in [4.69, 9.17) is 15.6 Å². The third kappa shape index (κ3) is 3.50. The molecule has 3 N–H and O–H groups in total. The molecule has 0 aliphatic heterocycles. The predicted octanol–water partition coefficient (Wildman–Crippen LogP) is 0.0972. The lowest BCUT2D eigenvalue weighted by molar-refractivity contribution is 0.0590. The number of aliphatic hydroxyl groups is 1. The Labute approximate surface area is 101 Å². The highest BCUT2D eigenvalue weighted by Gasteiger charge is 2.19. The minimum absolute atomic E-state index is 0.202. The molecular weight excluding hydrogens is 242 g/mol. The van der Waals surface area contributed by atoms with Crippen molar-refractivity contribution in [2.75, 3.05) is 20.0 Å². The van der Waals surface area contributed by atoms with Crippen molar-refractivity contribution in [2.24, 2.45) is 5.73 Å². The van der Waals surface area contributed by atoms with Gasteiger partial charge in [-0.2, -0.15) is 0 Å². The second-order valence-corrected chi connectivity index (χ2v) is 5.86. The molecule has 0 bridgehead atoms. The first-order valence-corrected chi connectivity index (χ1v) is 6.98. The molecule has 0 saturated carbocycles. The van der Waals surface area contributed by atoms with Crippen molar-refractivity contribution < 1.29 is 18.3 Å². The van der Waals surface area contributed by atoms with E-state index in [0.717, 1.165) is 11.8 Å². The van der Waals surface area contributed by atoms with Crippen molar-refractivity contribution in [2.45, 2.75) is 17.0 Å². The molecule has 0 aromatic heterocycles. The van der Waals surface area contributed by atoms with Crippen molar-refractivity contribution >= 4 is 9.84 Å². The minimum atomic E-state index is -3.20. The second kappa shape index (κ2) is 5.59. The fraction of sp³-hybridized carbons (Fsp3) is 0.455. The molecule has 0 amide bonds. The Morgan fingerprint density at radius 1 is 1.35 bits per heavy atom. The standard InChI is InChI=1S/C11H17NO4S/c1-16-11(10(12)7-13)8-3-5-9(6-4-8)17(2,14)15/h3-6,10-11,13H,7,12H2,1-2H3/t10-,11-/m1/s1. The Morgan fingerprint density at radius 3 is 2.24 bits per heavy atom. The van der Waals surface area contributed by atoms with Crippen LogP contribution in [0.25, 0.3) is 0 Å². The molecule has 0 fully saturated rings. The van der Waals surface area contributed by atoms with E-state index in [2.05, 4.69) is 0 Å². The van der Waals surface area contributed by atoms with Gasteiger partial charge in [-0.1, -0.05) is 12.1 Å². The summed E-state index contributed by atoms with van der Waals surface area (Å²) in [6.45, 7) is -0.202. The summed E-state index contributed by atoms with van der Waals surface area (Å²) < 4.78 is 27.7. The predicted molar refractivity (Wildman–Crippen MR) is 64.4 cm³/mol. The molecule has 1 aromatic rings. The van der Waals surface area contributed by atoms with Crippen molar-refractivity contribution in [3.8, 4) is 0 Å². The molecule has 17 heavy (non-hydrogen) atoms. The van der Waals surface area contributed by atoms with Crippen LogP contribution in [-0.4, -0.2) is 39.5 Å². The van der Waals surface area contributed by atoms with Gasteiger partial charge in [-0.3, -0.25) is 0 Å². The molecule has 96 valence electrons. The Kier molecular flexibility index (Phi) is 4.64. The SMILES string of the molecule is CO[C@H](c1ccc(S(C)(=O)=O)cc1)[C@H](N)CO. The minimum Gasteiger partial charge on any atom is -0.395 e. The molecular formula is C11H17NO4S. The summed E-state index contributed by atoms with van der Waals surface area (Å²) in [5.41, 5.74) is 6.43. The van der Waals surface area contributed by atoms with Gasteiger partial charge in [0.1, 0.15) is 0 Å². The van der Waals surface area contributed by atoms with E-state index in [1.807, 2.05) is 0 Å². The summed E-state index contributed by atoms with van der Waals surface area (Å²) in [5.74, 6) is 0. The number of aliphatic hydroxyl groups excluding tert-OH is 1. The number of hydrogen-bond donors (Lipinski definition) is 2. The van der Waals surface area contributed by atoms with E-state index in [-0.39, 0.29) is 11.5 Å². The average molecular weight is 259 g/mol. The first-order chi connectivity index (χ1) is 7.90. The number of ether oxygens (including phenoxy) is 1. The molecule has 0 spiro atoms. The third-order valence-electron chi connectivity index (χ3n) is 2.49. The van der Waals surface area contributed by atoms with Gasteiger partial charge >= 0.3 is 0 Å². The molecule has 0 aliphatic carbocycles. The highest BCUT2D eigenvalue weighted by atomic mass is 32.2. The number of nitrogens with two attached hydrogens (primary N) is 1. The molecule has 2 atom stereocenters. The average Bonchev–Trinajstić information content (AvgIpc) is 2.29. The van der Waals surface area contributed by atoms with Gasteiger partial charge in [-0.15, -0.1) is 0 Å². The normalized spacial score (nSPS) is 15.5. The van der Waals surface area contributed by atoms with E-state index < -0.39 is 22.0 Å². The summed E-state index contributed by atoms with van der Waals surface area (Å²) in [5, 5.41) is 8.98. The Hall–Kier alpha value is -0.950. The van der Waals surface area contributed by atoms with Crippen molar-refractivity contribution in [1.29, 1.82) is 0 Å². The summed E-state index contributed by atoms with van der Waals surface area (Å²) in [7, 11) is -1.71. The van der Waals surface area contributed by atoms with Crippen LogP contribution in [0.4, 0.5) is 0 Å². The maximum atomic E-state index is 11.3. The number of rotatable bonds is 5. The Bertz CT molecular complexity index is 455. The molecule has 1 rings (SSSR count). The van der Waals surface area contributed by atoms with Crippen LogP contribution in [0.5, 0.6) is 0 Å². The molecule has 0 heterocycles. The van der Waals surface area contributed by atoms with E-state index in [1.54, 1.807) is 12.1 Å². The van der Waals surface area contributed by atoms with Gasteiger partial charge in [0.05, 0.1) is 23.6 Å². The van der Waals surface area contributed by atoms with Crippen LogP contribution in [-0.2, 0) is 14.6 Å². The second-order valence-electron chi connectivity index (χ2n) is 3.84. The zero-order chi connectivity index (χ0) is 13.1. The molecule has 1 aromatic carbocycles. The zero-order valence-corrected chi connectivity index (χ0v) is 10.6. The first-order valence-electron chi connectivity index (χ1n) is 5.09. The van der Waals surface area contributed by atoms with Gasteiger partial charge < -0.3 is 15.6 Å². The maximum Gasteiger partial charge on any atom is 0.175 e. The summed E-state index contributed by atoms with van der Waals surface area (Å²) in [6.07, 6.45) is 0.698. The van der Waals surface area contributed by atoms with Crippen LogP contribution >= 0.6 is 0 Å². The number of methoxy groups -OCH3 is 1. The Morgan fingerprint density at radius 2 is 1.88 bits per heavy atom. The van der Waals surface area contributed by atoms with Gasteiger partial charge in [0.15, 0.2) is 9.84 Å². The smallest absolute Gasteiger partial charge is 0.175 e. The third-order valence-corrected chi connectivity index (χ3v) is 3.62. The van der Waals surface area contributed by atoms with Crippen molar-refractivity contribution in [1.82, 2.24) is 0 Å². The fourth-order valence-electron chi connectivity index (χ4n) is 1.56. The molecule has 0 saturated heterocycles. The van der Waals surface area contributed by atoms with E-state index in [1.165, 1.54) is 19.2 Å². The van der Waals surface area contributed by atoms with E-state index in [9.17, 15) is 8.42 Å². The topological polar surface area (TPSA) is 89.6 Å². The lowest BCUT2D eigenvalue weighted by Crippen LogP contribution is -2.33. The molecule has 0 aliphatic rings. The fourth-order valence-corrected chi connectivity index (χ4v) is 2.19. The van der Waals surface area contributed by atoms with Crippen LogP contribution in [0, 0.1) is 0 Å². The van der Waals surface area contributed by atoms with Crippen LogP contribution in [0.15, 0.2) is 29.2 Å².